The number of amides is 1. The van der Waals surface area contributed by atoms with E-state index < -0.39 is 0 Å². The lowest BCUT2D eigenvalue weighted by molar-refractivity contribution is -0.147. The van der Waals surface area contributed by atoms with Gasteiger partial charge in [-0.2, -0.15) is 0 Å². The van der Waals surface area contributed by atoms with Crippen molar-refractivity contribution in [3.05, 3.63) is 28.7 Å². The third-order valence-corrected chi connectivity index (χ3v) is 3.90. The fourth-order valence-electron chi connectivity index (χ4n) is 2.18. The zero-order valence-electron chi connectivity index (χ0n) is 12.3. The molecule has 1 atom stereocenters. The molecule has 0 aliphatic carbocycles. The Morgan fingerprint density at radius 3 is 2.73 bits per heavy atom. The number of anilines is 1. The Morgan fingerprint density at radius 1 is 1.27 bits per heavy atom. The number of carbonyl (C=O) groups is 2. The predicted molar refractivity (Wildman–Crippen MR) is 86.6 cm³/mol. The Kier molecular flexibility index (Phi) is 6.86. The Labute approximate surface area is 138 Å². The molecular formula is C16H20BrNO4. The molecule has 0 bridgehead atoms. The lowest BCUT2D eigenvalue weighted by Gasteiger charge is -2.10. The van der Waals surface area contributed by atoms with E-state index in [0.29, 0.717) is 19.4 Å². The summed E-state index contributed by atoms with van der Waals surface area (Å²) in [5, 5.41) is 2.79. The van der Waals surface area contributed by atoms with Gasteiger partial charge in [0.25, 0.3) is 0 Å². The highest BCUT2D eigenvalue weighted by Crippen LogP contribution is 2.15. The molecule has 1 saturated heterocycles. The third-order valence-electron chi connectivity index (χ3n) is 3.37. The summed E-state index contributed by atoms with van der Waals surface area (Å²) in [6.45, 7) is 1.07. The molecule has 1 fully saturated rings. The molecule has 0 saturated carbocycles. The monoisotopic (exact) mass is 369 g/mol. The van der Waals surface area contributed by atoms with E-state index in [2.05, 4.69) is 21.2 Å². The van der Waals surface area contributed by atoms with Gasteiger partial charge in [0.15, 0.2) is 0 Å². The molecule has 0 unspecified atom stereocenters. The van der Waals surface area contributed by atoms with Crippen molar-refractivity contribution in [1.29, 1.82) is 0 Å². The molecule has 2 rings (SSSR count). The first-order chi connectivity index (χ1) is 10.6. The summed E-state index contributed by atoms with van der Waals surface area (Å²) < 4.78 is 11.5. The molecule has 0 spiro atoms. The van der Waals surface area contributed by atoms with Crippen LogP contribution in [0.15, 0.2) is 28.7 Å². The van der Waals surface area contributed by atoms with Crippen LogP contribution in [0, 0.1) is 0 Å². The van der Waals surface area contributed by atoms with Crippen molar-refractivity contribution >= 4 is 33.5 Å². The topological polar surface area (TPSA) is 64.6 Å². The molecule has 22 heavy (non-hydrogen) atoms. The maximum absolute atomic E-state index is 11.8. The van der Waals surface area contributed by atoms with Gasteiger partial charge in [0, 0.05) is 29.6 Å². The van der Waals surface area contributed by atoms with Crippen molar-refractivity contribution in [2.45, 2.75) is 38.2 Å². The van der Waals surface area contributed by atoms with Crippen molar-refractivity contribution < 1.29 is 19.1 Å². The highest BCUT2D eigenvalue weighted by Gasteiger charge is 2.17. The molecule has 5 nitrogen and oxygen atoms in total. The van der Waals surface area contributed by atoms with Gasteiger partial charge >= 0.3 is 5.97 Å². The summed E-state index contributed by atoms with van der Waals surface area (Å²) >= 11 is 3.34. The first-order valence-corrected chi connectivity index (χ1v) is 8.25. The van der Waals surface area contributed by atoms with E-state index in [1.54, 1.807) is 0 Å². The van der Waals surface area contributed by atoms with E-state index in [-0.39, 0.29) is 24.4 Å². The molecule has 1 N–H and O–H groups in total. The highest BCUT2D eigenvalue weighted by atomic mass is 79.9. The number of esters is 1. The minimum atomic E-state index is -0.271. The second-order valence-corrected chi connectivity index (χ2v) is 6.14. The van der Waals surface area contributed by atoms with Crippen LogP contribution in [0.3, 0.4) is 0 Å². The zero-order chi connectivity index (χ0) is 15.8. The standard InChI is InChI=1S/C16H20BrNO4/c17-12-6-8-13(9-7-12)18-15(19)4-1-5-16(20)22-11-14-3-2-10-21-14/h6-9,14H,1-5,10-11H2,(H,18,19)/t14-/m1/s1. The van der Waals surface area contributed by atoms with E-state index in [0.717, 1.165) is 29.6 Å². The number of rotatable bonds is 7. The predicted octanol–water partition coefficient (Wildman–Crippen LogP) is 3.28. The van der Waals surface area contributed by atoms with Crippen molar-refractivity contribution in [2.24, 2.45) is 0 Å². The Bertz CT molecular complexity index is 497. The zero-order valence-corrected chi connectivity index (χ0v) is 13.9. The molecule has 0 aromatic heterocycles. The molecular weight excluding hydrogens is 350 g/mol. The second kappa shape index (κ2) is 8.90. The van der Waals surface area contributed by atoms with Gasteiger partial charge in [-0.05, 0) is 43.5 Å². The summed E-state index contributed by atoms with van der Waals surface area (Å²) in [6.07, 6.45) is 3.05. The summed E-state index contributed by atoms with van der Waals surface area (Å²) in [7, 11) is 0. The molecule has 1 aromatic rings. The lowest BCUT2D eigenvalue weighted by Crippen LogP contribution is -2.18. The van der Waals surface area contributed by atoms with Gasteiger partial charge in [-0.25, -0.2) is 0 Å². The summed E-state index contributed by atoms with van der Waals surface area (Å²) in [6, 6.07) is 7.35. The van der Waals surface area contributed by atoms with Gasteiger partial charge in [0.2, 0.25) is 5.91 Å². The molecule has 1 amide bonds. The van der Waals surface area contributed by atoms with Gasteiger partial charge in [-0.15, -0.1) is 0 Å². The first kappa shape index (κ1) is 17.0. The maximum Gasteiger partial charge on any atom is 0.305 e. The van der Waals surface area contributed by atoms with Crippen LogP contribution in [0.2, 0.25) is 0 Å². The SMILES string of the molecule is O=C(CCCC(=O)OC[C@H]1CCCO1)Nc1ccc(Br)cc1. The van der Waals surface area contributed by atoms with Crippen LogP contribution >= 0.6 is 15.9 Å². The quantitative estimate of drug-likeness (QED) is 0.749. The fourth-order valence-corrected chi connectivity index (χ4v) is 2.45. The van der Waals surface area contributed by atoms with Crippen molar-refractivity contribution in [2.75, 3.05) is 18.5 Å². The van der Waals surface area contributed by atoms with E-state index in [1.807, 2.05) is 24.3 Å². The minimum Gasteiger partial charge on any atom is -0.463 e. The second-order valence-electron chi connectivity index (χ2n) is 5.23. The Hall–Kier alpha value is -1.40. The summed E-state index contributed by atoms with van der Waals surface area (Å²) in [5.41, 5.74) is 0.745. The smallest absolute Gasteiger partial charge is 0.305 e. The first-order valence-electron chi connectivity index (χ1n) is 7.46. The molecule has 1 aromatic carbocycles. The number of carbonyl (C=O) groups excluding carboxylic acids is 2. The minimum absolute atomic E-state index is 0.0460. The highest BCUT2D eigenvalue weighted by molar-refractivity contribution is 9.10. The van der Waals surface area contributed by atoms with Crippen LogP contribution in [0.4, 0.5) is 5.69 Å². The number of hydrogen-bond donors (Lipinski definition) is 1. The molecule has 6 heteroatoms. The van der Waals surface area contributed by atoms with Crippen LogP contribution in [-0.4, -0.2) is 31.2 Å². The van der Waals surface area contributed by atoms with Gasteiger partial charge in [0.05, 0.1) is 6.10 Å². The van der Waals surface area contributed by atoms with Crippen molar-refractivity contribution in [3.63, 3.8) is 0 Å². The molecule has 0 radical (unpaired) electrons. The molecule has 1 aliphatic heterocycles. The molecule has 1 heterocycles. The summed E-state index contributed by atoms with van der Waals surface area (Å²) in [5.74, 6) is -0.374. The van der Waals surface area contributed by atoms with Gasteiger partial charge in [-0.3, -0.25) is 9.59 Å². The number of hydrogen-bond acceptors (Lipinski definition) is 4. The lowest BCUT2D eigenvalue weighted by atomic mass is 10.2. The number of halogens is 1. The third kappa shape index (κ3) is 6.15. The maximum atomic E-state index is 11.8. The molecule has 120 valence electrons. The van der Waals surface area contributed by atoms with Crippen LogP contribution < -0.4 is 5.32 Å². The number of ether oxygens (including phenoxy) is 2. The number of nitrogens with one attached hydrogen (secondary N) is 1. The summed E-state index contributed by atoms with van der Waals surface area (Å²) in [4.78, 5) is 23.3. The van der Waals surface area contributed by atoms with E-state index in [1.165, 1.54) is 0 Å². The average Bonchev–Trinajstić information content (AvgIpc) is 3.01. The molecule has 1 aliphatic rings. The van der Waals surface area contributed by atoms with Crippen LogP contribution in [0.1, 0.15) is 32.1 Å². The van der Waals surface area contributed by atoms with Crippen LogP contribution in [0.5, 0.6) is 0 Å². The average molecular weight is 370 g/mol. The Morgan fingerprint density at radius 2 is 2.05 bits per heavy atom. The van der Waals surface area contributed by atoms with Gasteiger partial charge < -0.3 is 14.8 Å². The number of benzene rings is 1. The largest absolute Gasteiger partial charge is 0.463 e. The van der Waals surface area contributed by atoms with E-state index in [9.17, 15) is 9.59 Å². The van der Waals surface area contributed by atoms with Gasteiger partial charge in [0.1, 0.15) is 6.61 Å². The van der Waals surface area contributed by atoms with Crippen molar-refractivity contribution in [1.82, 2.24) is 0 Å². The van der Waals surface area contributed by atoms with Crippen molar-refractivity contribution in [3.8, 4) is 0 Å². The van der Waals surface area contributed by atoms with Crippen LogP contribution in [0.25, 0.3) is 0 Å². The normalized spacial score (nSPS) is 17.2. The fraction of sp³-hybridized carbons (Fsp3) is 0.500. The Balaban J connectivity index is 1.57. The van der Waals surface area contributed by atoms with E-state index in [4.69, 9.17) is 9.47 Å². The van der Waals surface area contributed by atoms with E-state index >= 15 is 0 Å². The van der Waals surface area contributed by atoms with Crippen LogP contribution in [-0.2, 0) is 19.1 Å². The van der Waals surface area contributed by atoms with Gasteiger partial charge in [-0.1, -0.05) is 15.9 Å².